The molecule has 6 nitrogen and oxygen atoms in total. The zero-order chi connectivity index (χ0) is 19.4. The Balaban J connectivity index is 1.59. The molecule has 1 atom stereocenters. The van der Waals surface area contributed by atoms with E-state index in [1.54, 1.807) is 24.5 Å². The van der Waals surface area contributed by atoms with Crippen molar-refractivity contribution in [2.75, 3.05) is 18.4 Å². The van der Waals surface area contributed by atoms with Crippen LogP contribution in [0.2, 0.25) is 0 Å². The molecule has 1 unspecified atom stereocenters. The number of benzene rings is 1. The lowest BCUT2D eigenvalue weighted by Crippen LogP contribution is -2.28. The topological polar surface area (TPSA) is 75.2 Å². The van der Waals surface area contributed by atoms with Gasteiger partial charge in [0.15, 0.2) is 0 Å². The predicted molar refractivity (Wildman–Crippen MR) is 108 cm³/mol. The molecule has 1 saturated heterocycles. The maximum atomic E-state index is 12.7. The number of hydrogen-bond acceptors (Lipinski definition) is 5. The monoisotopic (exact) mass is 394 g/mol. The molecule has 0 radical (unpaired) electrons. The van der Waals surface area contributed by atoms with Crippen molar-refractivity contribution >= 4 is 15.8 Å². The van der Waals surface area contributed by atoms with E-state index in [2.05, 4.69) is 15.3 Å². The standard InChI is InChI=1S/C21H22N4O2S/c26-28(27,25-14-4-5-15-25)19-8-9-20(23-16-19)24-21(17-6-2-1-3-7-17)18-10-12-22-13-11-18/h1-3,6-13,16,21H,4-5,14-15H2,(H,23,24). The summed E-state index contributed by atoms with van der Waals surface area (Å²) in [7, 11) is -3.45. The maximum Gasteiger partial charge on any atom is 0.244 e. The van der Waals surface area contributed by atoms with Gasteiger partial charge in [-0.25, -0.2) is 13.4 Å². The van der Waals surface area contributed by atoms with Gasteiger partial charge in [-0.2, -0.15) is 4.31 Å². The summed E-state index contributed by atoms with van der Waals surface area (Å²) in [6, 6.07) is 17.2. The van der Waals surface area contributed by atoms with E-state index in [1.807, 2.05) is 42.5 Å². The van der Waals surface area contributed by atoms with Gasteiger partial charge in [-0.3, -0.25) is 4.98 Å². The molecule has 0 bridgehead atoms. The smallest absolute Gasteiger partial charge is 0.244 e. The number of hydrogen-bond donors (Lipinski definition) is 1. The second-order valence-corrected chi connectivity index (χ2v) is 8.70. The summed E-state index contributed by atoms with van der Waals surface area (Å²) in [4.78, 5) is 8.70. The maximum absolute atomic E-state index is 12.7. The van der Waals surface area contributed by atoms with E-state index in [9.17, 15) is 8.42 Å². The van der Waals surface area contributed by atoms with Gasteiger partial charge in [-0.15, -0.1) is 0 Å². The highest BCUT2D eigenvalue weighted by atomic mass is 32.2. The largest absolute Gasteiger partial charge is 0.359 e. The summed E-state index contributed by atoms with van der Waals surface area (Å²) < 4.78 is 26.9. The summed E-state index contributed by atoms with van der Waals surface area (Å²) in [6.07, 6.45) is 6.77. The third-order valence-electron chi connectivity index (χ3n) is 4.90. The zero-order valence-electron chi connectivity index (χ0n) is 15.4. The van der Waals surface area contributed by atoms with Crippen molar-refractivity contribution in [1.29, 1.82) is 0 Å². The van der Waals surface area contributed by atoms with Crippen molar-refractivity contribution < 1.29 is 8.42 Å². The first kappa shape index (κ1) is 18.6. The molecule has 1 aromatic carbocycles. The molecular weight excluding hydrogens is 372 g/mol. The van der Waals surface area contributed by atoms with Crippen LogP contribution in [0.4, 0.5) is 5.82 Å². The molecule has 0 spiro atoms. The van der Waals surface area contributed by atoms with E-state index >= 15 is 0 Å². The van der Waals surface area contributed by atoms with Crippen LogP contribution >= 0.6 is 0 Å². The van der Waals surface area contributed by atoms with E-state index in [1.165, 1.54) is 10.5 Å². The Hall–Kier alpha value is -2.77. The summed E-state index contributed by atoms with van der Waals surface area (Å²) in [5.41, 5.74) is 2.14. The van der Waals surface area contributed by atoms with Crippen LogP contribution in [-0.4, -0.2) is 35.8 Å². The van der Waals surface area contributed by atoms with Crippen LogP contribution in [-0.2, 0) is 10.0 Å². The van der Waals surface area contributed by atoms with Crippen LogP contribution in [0.5, 0.6) is 0 Å². The SMILES string of the molecule is O=S(=O)(c1ccc(NC(c2ccccc2)c2ccncc2)nc1)N1CCCC1. The van der Waals surface area contributed by atoms with Gasteiger partial charge in [0.1, 0.15) is 10.7 Å². The molecule has 144 valence electrons. The molecule has 28 heavy (non-hydrogen) atoms. The fourth-order valence-corrected chi connectivity index (χ4v) is 4.87. The van der Waals surface area contributed by atoms with Gasteiger partial charge in [0, 0.05) is 31.7 Å². The first-order valence-electron chi connectivity index (χ1n) is 9.32. The van der Waals surface area contributed by atoms with Crippen LogP contribution in [0.3, 0.4) is 0 Å². The van der Waals surface area contributed by atoms with Gasteiger partial charge in [0.2, 0.25) is 10.0 Å². The molecular formula is C21H22N4O2S. The number of pyridine rings is 2. The van der Waals surface area contributed by atoms with Gasteiger partial charge in [-0.1, -0.05) is 30.3 Å². The molecule has 4 rings (SSSR count). The zero-order valence-corrected chi connectivity index (χ0v) is 16.2. The van der Waals surface area contributed by atoms with Crippen molar-refractivity contribution in [1.82, 2.24) is 14.3 Å². The van der Waals surface area contributed by atoms with Crippen molar-refractivity contribution in [3.8, 4) is 0 Å². The van der Waals surface area contributed by atoms with Gasteiger partial charge in [0.05, 0.1) is 6.04 Å². The molecule has 0 saturated carbocycles. The first-order chi connectivity index (χ1) is 13.6. The van der Waals surface area contributed by atoms with Gasteiger partial charge in [-0.05, 0) is 48.2 Å². The summed E-state index contributed by atoms with van der Waals surface area (Å²) in [6.45, 7) is 1.17. The van der Waals surface area contributed by atoms with E-state index < -0.39 is 10.0 Å². The Morgan fingerprint density at radius 2 is 1.57 bits per heavy atom. The number of rotatable bonds is 6. The lowest BCUT2D eigenvalue weighted by molar-refractivity contribution is 0.477. The van der Waals surface area contributed by atoms with Crippen LogP contribution in [0.25, 0.3) is 0 Å². The highest BCUT2D eigenvalue weighted by Gasteiger charge is 2.27. The summed E-state index contributed by atoms with van der Waals surface area (Å²) in [5.74, 6) is 0.617. The normalized spacial score (nSPS) is 16.0. The van der Waals surface area contributed by atoms with E-state index in [-0.39, 0.29) is 10.9 Å². The van der Waals surface area contributed by atoms with Gasteiger partial charge >= 0.3 is 0 Å². The second kappa shape index (κ2) is 8.08. The Morgan fingerprint density at radius 1 is 0.893 bits per heavy atom. The van der Waals surface area contributed by atoms with Crippen LogP contribution in [0.1, 0.15) is 30.0 Å². The molecule has 2 aromatic heterocycles. The van der Waals surface area contributed by atoms with E-state index in [0.717, 1.165) is 24.0 Å². The van der Waals surface area contributed by atoms with Gasteiger partial charge < -0.3 is 5.32 Å². The van der Waals surface area contributed by atoms with Crippen molar-refractivity contribution in [2.45, 2.75) is 23.8 Å². The summed E-state index contributed by atoms with van der Waals surface area (Å²) in [5, 5.41) is 3.41. The van der Waals surface area contributed by atoms with Crippen LogP contribution in [0, 0.1) is 0 Å². The van der Waals surface area contributed by atoms with Crippen molar-refractivity contribution in [3.63, 3.8) is 0 Å². The van der Waals surface area contributed by atoms with Crippen molar-refractivity contribution in [3.05, 3.63) is 84.3 Å². The Morgan fingerprint density at radius 3 is 2.21 bits per heavy atom. The van der Waals surface area contributed by atoms with Gasteiger partial charge in [0.25, 0.3) is 0 Å². The van der Waals surface area contributed by atoms with E-state index in [4.69, 9.17) is 0 Å². The fourth-order valence-electron chi connectivity index (χ4n) is 3.40. The predicted octanol–water partition coefficient (Wildman–Crippen LogP) is 3.46. The molecule has 1 fully saturated rings. The lowest BCUT2D eigenvalue weighted by Gasteiger charge is -2.21. The average molecular weight is 395 g/mol. The van der Waals surface area contributed by atoms with E-state index in [0.29, 0.717) is 18.9 Å². The Kier molecular flexibility index (Phi) is 5.36. The average Bonchev–Trinajstić information content (AvgIpc) is 3.30. The van der Waals surface area contributed by atoms with Crippen LogP contribution in [0.15, 0.2) is 78.1 Å². The number of anilines is 1. The fraction of sp³-hybridized carbons (Fsp3) is 0.238. The third-order valence-corrected chi connectivity index (χ3v) is 6.79. The van der Waals surface area contributed by atoms with Crippen LogP contribution < -0.4 is 5.32 Å². The number of nitrogens with one attached hydrogen (secondary N) is 1. The number of nitrogens with zero attached hydrogens (tertiary/aromatic N) is 3. The third kappa shape index (κ3) is 3.90. The molecule has 1 aliphatic heterocycles. The Bertz CT molecular complexity index is 964. The molecule has 3 aromatic rings. The quantitative estimate of drug-likeness (QED) is 0.693. The second-order valence-electron chi connectivity index (χ2n) is 6.76. The van der Waals surface area contributed by atoms with Crippen molar-refractivity contribution in [2.24, 2.45) is 0 Å². The Labute approximate surface area is 165 Å². The minimum atomic E-state index is -3.45. The lowest BCUT2D eigenvalue weighted by atomic mass is 10.00. The highest BCUT2D eigenvalue weighted by Crippen LogP contribution is 2.26. The highest BCUT2D eigenvalue weighted by molar-refractivity contribution is 7.89. The molecule has 1 N–H and O–H groups in total. The molecule has 7 heteroatoms. The first-order valence-corrected chi connectivity index (χ1v) is 10.8. The minimum Gasteiger partial charge on any atom is -0.359 e. The molecule has 1 aliphatic rings. The molecule has 3 heterocycles. The minimum absolute atomic E-state index is 0.113. The summed E-state index contributed by atoms with van der Waals surface area (Å²) >= 11 is 0. The number of aromatic nitrogens is 2. The molecule has 0 amide bonds. The molecule has 0 aliphatic carbocycles. The number of sulfonamides is 1.